The second-order valence-corrected chi connectivity index (χ2v) is 7.28. The summed E-state index contributed by atoms with van der Waals surface area (Å²) >= 11 is 0. The van der Waals surface area contributed by atoms with Crippen LogP contribution in [-0.4, -0.2) is 67.7 Å². The van der Waals surface area contributed by atoms with E-state index < -0.39 is 0 Å². The van der Waals surface area contributed by atoms with E-state index in [4.69, 9.17) is 9.47 Å². The molecule has 1 aliphatic heterocycles. The van der Waals surface area contributed by atoms with Gasteiger partial charge in [-0.3, -0.25) is 5.43 Å². The highest BCUT2D eigenvalue weighted by molar-refractivity contribution is 5.74. The van der Waals surface area contributed by atoms with Gasteiger partial charge in [0.05, 0.1) is 18.5 Å². The molecule has 0 aromatic carbocycles. The van der Waals surface area contributed by atoms with Crippen LogP contribution in [0.2, 0.25) is 0 Å². The van der Waals surface area contributed by atoms with Crippen LogP contribution in [0.1, 0.15) is 26.1 Å². The van der Waals surface area contributed by atoms with Gasteiger partial charge < -0.3 is 19.7 Å². The van der Waals surface area contributed by atoms with E-state index in [1.54, 1.807) is 6.21 Å². The van der Waals surface area contributed by atoms with Crippen LogP contribution >= 0.6 is 0 Å². The SMILES string of the molecule is CNCCOc1nc(/C=N/NC2=CC(C)C=C(C)C=C2)nc(N2CCCOCC2)n1. The molecule has 9 heteroatoms. The largest absolute Gasteiger partial charge is 0.462 e. The van der Waals surface area contributed by atoms with Gasteiger partial charge in [-0.1, -0.05) is 30.7 Å². The average molecular weight is 414 g/mol. The van der Waals surface area contributed by atoms with Gasteiger partial charge in [-0.05, 0) is 32.4 Å². The first-order chi connectivity index (χ1) is 14.6. The van der Waals surface area contributed by atoms with Gasteiger partial charge >= 0.3 is 6.01 Å². The molecular weight excluding hydrogens is 382 g/mol. The number of allylic oxidation sites excluding steroid dienone is 5. The van der Waals surface area contributed by atoms with Crippen LogP contribution in [0.4, 0.5) is 5.95 Å². The molecule has 1 aromatic rings. The lowest BCUT2D eigenvalue weighted by atomic mass is 10.1. The number of nitrogens with one attached hydrogen (secondary N) is 2. The van der Waals surface area contributed by atoms with Crippen LogP contribution < -0.4 is 20.4 Å². The molecule has 0 spiro atoms. The molecule has 162 valence electrons. The molecule has 2 heterocycles. The highest BCUT2D eigenvalue weighted by Gasteiger charge is 2.16. The van der Waals surface area contributed by atoms with Gasteiger partial charge in [0.15, 0.2) is 5.82 Å². The minimum atomic E-state index is 0.295. The maximum absolute atomic E-state index is 5.69. The Morgan fingerprint density at radius 3 is 3.00 bits per heavy atom. The van der Waals surface area contributed by atoms with E-state index in [9.17, 15) is 0 Å². The summed E-state index contributed by atoms with van der Waals surface area (Å²) in [6.45, 7) is 8.37. The first-order valence-corrected chi connectivity index (χ1v) is 10.4. The Morgan fingerprint density at radius 1 is 1.23 bits per heavy atom. The summed E-state index contributed by atoms with van der Waals surface area (Å²) in [6, 6.07) is 0.295. The summed E-state index contributed by atoms with van der Waals surface area (Å²) < 4.78 is 11.2. The number of hydrogen-bond acceptors (Lipinski definition) is 9. The lowest BCUT2D eigenvalue weighted by Gasteiger charge is -2.19. The van der Waals surface area contributed by atoms with E-state index in [2.05, 4.69) is 67.8 Å². The Labute approximate surface area is 178 Å². The van der Waals surface area contributed by atoms with E-state index in [1.165, 1.54) is 5.57 Å². The van der Waals surface area contributed by atoms with Crippen LogP contribution in [0.3, 0.4) is 0 Å². The molecular formula is C21H31N7O2. The third kappa shape index (κ3) is 6.93. The molecule has 1 atom stereocenters. The van der Waals surface area contributed by atoms with Crippen LogP contribution in [0, 0.1) is 5.92 Å². The Bertz CT molecular complexity index is 812. The summed E-state index contributed by atoms with van der Waals surface area (Å²) in [4.78, 5) is 15.5. The smallest absolute Gasteiger partial charge is 0.321 e. The molecule has 0 saturated carbocycles. The second-order valence-electron chi connectivity index (χ2n) is 7.28. The summed E-state index contributed by atoms with van der Waals surface area (Å²) in [7, 11) is 1.87. The minimum absolute atomic E-state index is 0.295. The van der Waals surface area contributed by atoms with Crippen molar-refractivity contribution < 1.29 is 9.47 Å². The molecule has 2 N–H and O–H groups in total. The van der Waals surface area contributed by atoms with E-state index in [1.807, 2.05) is 13.1 Å². The number of likely N-dealkylation sites (N-methyl/N-ethyl adjacent to an activating group) is 1. The number of hydrogen-bond donors (Lipinski definition) is 2. The van der Waals surface area contributed by atoms with Crippen molar-refractivity contribution >= 4 is 12.2 Å². The molecule has 3 rings (SSSR count). The molecule has 1 fully saturated rings. The van der Waals surface area contributed by atoms with Gasteiger partial charge in [-0.25, -0.2) is 0 Å². The van der Waals surface area contributed by atoms with Crippen molar-refractivity contribution in [1.29, 1.82) is 0 Å². The molecule has 0 radical (unpaired) electrons. The summed E-state index contributed by atoms with van der Waals surface area (Å²) in [5.41, 5.74) is 5.22. The zero-order chi connectivity index (χ0) is 21.2. The molecule has 0 amide bonds. The first-order valence-electron chi connectivity index (χ1n) is 10.4. The second kappa shape index (κ2) is 11.4. The highest BCUT2D eigenvalue weighted by atomic mass is 16.5. The van der Waals surface area contributed by atoms with Gasteiger partial charge in [-0.2, -0.15) is 20.1 Å². The normalized spacial score (nSPS) is 19.8. The van der Waals surface area contributed by atoms with Crippen LogP contribution in [0.15, 0.2) is 40.7 Å². The van der Waals surface area contributed by atoms with Gasteiger partial charge in [0.25, 0.3) is 0 Å². The fourth-order valence-electron chi connectivity index (χ4n) is 3.13. The quantitative estimate of drug-likeness (QED) is 0.377. The Kier molecular flexibility index (Phi) is 8.34. The topological polar surface area (TPSA) is 96.8 Å². The molecule has 0 bridgehead atoms. The van der Waals surface area contributed by atoms with Gasteiger partial charge in [-0.15, -0.1) is 0 Å². The van der Waals surface area contributed by atoms with Crippen molar-refractivity contribution in [3.05, 3.63) is 41.4 Å². The molecule has 2 aliphatic rings. The first kappa shape index (κ1) is 21.9. The van der Waals surface area contributed by atoms with E-state index in [0.29, 0.717) is 43.5 Å². The minimum Gasteiger partial charge on any atom is -0.462 e. The molecule has 9 nitrogen and oxygen atoms in total. The monoisotopic (exact) mass is 413 g/mol. The van der Waals surface area contributed by atoms with Crippen molar-refractivity contribution in [1.82, 2.24) is 25.7 Å². The lowest BCUT2D eigenvalue weighted by molar-refractivity contribution is 0.152. The third-order valence-electron chi connectivity index (χ3n) is 4.58. The summed E-state index contributed by atoms with van der Waals surface area (Å²) in [5.74, 6) is 1.36. The maximum Gasteiger partial charge on any atom is 0.321 e. The van der Waals surface area contributed by atoms with E-state index >= 15 is 0 Å². The van der Waals surface area contributed by atoms with E-state index in [0.717, 1.165) is 31.8 Å². The van der Waals surface area contributed by atoms with Crippen molar-refractivity contribution in [3.63, 3.8) is 0 Å². The molecule has 1 unspecified atom stereocenters. The number of anilines is 1. The average Bonchev–Trinajstić information content (AvgIpc) is 3.09. The summed E-state index contributed by atoms with van der Waals surface area (Å²) in [5, 5.41) is 7.37. The molecule has 30 heavy (non-hydrogen) atoms. The zero-order valence-corrected chi connectivity index (χ0v) is 18.0. The standard InChI is InChI=1S/C21H31N7O2/c1-16-5-6-18(14-17(2)13-16)27-23-15-19-24-20(28-8-4-10-29-12-9-28)26-21(25-19)30-11-7-22-3/h5-6,13-15,17,22,27H,4,7-12H2,1-3H3/b23-15+. The fourth-order valence-corrected chi connectivity index (χ4v) is 3.13. The molecule has 1 saturated heterocycles. The van der Waals surface area contributed by atoms with Gasteiger partial charge in [0.2, 0.25) is 5.95 Å². The predicted octanol–water partition coefficient (Wildman–Crippen LogP) is 1.66. The van der Waals surface area contributed by atoms with Crippen molar-refractivity contribution in [2.75, 3.05) is 51.4 Å². The Morgan fingerprint density at radius 2 is 2.13 bits per heavy atom. The third-order valence-corrected chi connectivity index (χ3v) is 4.58. The Balaban J connectivity index is 1.74. The van der Waals surface area contributed by atoms with Gasteiger partial charge in [0.1, 0.15) is 6.61 Å². The van der Waals surface area contributed by atoms with Crippen molar-refractivity contribution in [3.8, 4) is 6.01 Å². The van der Waals surface area contributed by atoms with Crippen LogP contribution in [0.25, 0.3) is 0 Å². The number of nitrogens with zero attached hydrogens (tertiary/aromatic N) is 5. The number of aromatic nitrogens is 3. The number of rotatable bonds is 8. The lowest BCUT2D eigenvalue weighted by Crippen LogP contribution is -2.29. The van der Waals surface area contributed by atoms with Crippen molar-refractivity contribution in [2.24, 2.45) is 11.0 Å². The zero-order valence-electron chi connectivity index (χ0n) is 18.0. The van der Waals surface area contributed by atoms with Crippen molar-refractivity contribution in [2.45, 2.75) is 20.3 Å². The van der Waals surface area contributed by atoms with Crippen LogP contribution in [-0.2, 0) is 4.74 Å². The van der Waals surface area contributed by atoms with Crippen LogP contribution in [0.5, 0.6) is 6.01 Å². The predicted molar refractivity (Wildman–Crippen MR) is 118 cm³/mol. The summed E-state index contributed by atoms with van der Waals surface area (Å²) in [6.07, 6.45) is 10.9. The number of hydrazone groups is 1. The maximum atomic E-state index is 5.69. The van der Waals surface area contributed by atoms with E-state index in [-0.39, 0.29) is 0 Å². The highest BCUT2D eigenvalue weighted by Crippen LogP contribution is 2.15. The Hall–Kier alpha value is -2.78. The molecule has 1 aromatic heterocycles. The molecule has 1 aliphatic carbocycles. The van der Waals surface area contributed by atoms with Gasteiger partial charge in [0, 0.05) is 26.2 Å². The number of ether oxygens (including phenoxy) is 2. The fraction of sp³-hybridized carbons (Fsp3) is 0.524.